The van der Waals surface area contributed by atoms with Gasteiger partial charge in [0, 0.05) is 17.6 Å². The molecular formula is C16H17BrN2S. The Morgan fingerprint density at radius 2 is 1.65 bits per heavy atom. The number of hydrogen-bond acceptors (Lipinski definition) is 1. The average molecular weight is 349 g/mol. The molecule has 0 saturated heterocycles. The highest BCUT2D eigenvalue weighted by atomic mass is 79.9. The van der Waals surface area contributed by atoms with Gasteiger partial charge in [-0.05, 0) is 35.8 Å². The van der Waals surface area contributed by atoms with E-state index in [1.165, 1.54) is 11.1 Å². The second-order valence-electron chi connectivity index (χ2n) is 4.44. The first kappa shape index (κ1) is 15.0. The van der Waals surface area contributed by atoms with Gasteiger partial charge in [0.05, 0.1) is 0 Å². The fourth-order valence-corrected chi connectivity index (χ4v) is 2.44. The molecule has 0 aromatic heterocycles. The van der Waals surface area contributed by atoms with Crippen molar-refractivity contribution in [3.8, 4) is 0 Å². The topological polar surface area (TPSA) is 24.1 Å². The van der Waals surface area contributed by atoms with Crippen LogP contribution in [-0.4, -0.2) is 11.7 Å². The van der Waals surface area contributed by atoms with E-state index < -0.39 is 0 Å². The van der Waals surface area contributed by atoms with Crippen molar-refractivity contribution in [1.82, 2.24) is 10.6 Å². The summed E-state index contributed by atoms with van der Waals surface area (Å²) in [5.74, 6) is 0. The molecule has 0 bridgehead atoms. The third kappa shape index (κ3) is 4.94. The van der Waals surface area contributed by atoms with Crippen molar-refractivity contribution in [1.29, 1.82) is 0 Å². The first-order chi connectivity index (χ1) is 9.75. The molecule has 2 N–H and O–H groups in total. The molecule has 104 valence electrons. The third-order valence-electron chi connectivity index (χ3n) is 2.94. The Hall–Kier alpha value is -1.39. The zero-order valence-corrected chi connectivity index (χ0v) is 13.5. The zero-order chi connectivity index (χ0) is 14.2. The second-order valence-corrected chi connectivity index (χ2v) is 5.70. The summed E-state index contributed by atoms with van der Waals surface area (Å²) in [7, 11) is 0. The summed E-state index contributed by atoms with van der Waals surface area (Å²) < 4.78 is 1.10. The Balaban J connectivity index is 1.70. The molecule has 2 nitrogen and oxygen atoms in total. The molecule has 2 rings (SSSR count). The molecule has 4 heteroatoms. The first-order valence-electron chi connectivity index (χ1n) is 6.55. The maximum absolute atomic E-state index is 5.27. The van der Waals surface area contributed by atoms with Gasteiger partial charge in [0.1, 0.15) is 0 Å². The Labute approximate surface area is 133 Å². The molecule has 0 amide bonds. The van der Waals surface area contributed by atoms with Gasteiger partial charge in [0.25, 0.3) is 0 Å². The van der Waals surface area contributed by atoms with Crippen LogP contribution in [0, 0.1) is 0 Å². The summed E-state index contributed by atoms with van der Waals surface area (Å²) in [6.07, 6.45) is 0.970. The average Bonchev–Trinajstić information content (AvgIpc) is 2.47. The Kier molecular flexibility index (Phi) is 6.02. The van der Waals surface area contributed by atoms with E-state index in [0.29, 0.717) is 5.11 Å². The van der Waals surface area contributed by atoms with E-state index >= 15 is 0 Å². The number of nitrogens with one attached hydrogen (secondary N) is 2. The first-order valence-corrected chi connectivity index (χ1v) is 7.75. The zero-order valence-electron chi connectivity index (χ0n) is 11.1. The van der Waals surface area contributed by atoms with E-state index in [-0.39, 0.29) is 0 Å². The molecule has 0 atom stereocenters. The summed E-state index contributed by atoms with van der Waals surface area (Å²) in [6, 6.07) is 18.5. The van der Waals surface area contributed by atoms with Gasteiger partial charge in [0.2, 0.25) is 0 Å². The molecule has 0 radical (unpaired) electrons. The van der Waals surface area contributed by atoms with E-state index in [4.69, 9.17) is 12.2 Å². The van der Waals surface area contributed by atoms with Crippen molar-refractivity contribution in [2.45, 2.75) is 13.0 Å². The molecule has 0 aliphatic carbocycles. The molecule has 0 unspecified atom stereocenters. The molecule has 0 fully saturated rings. The highest BCUT2D eigenvalue weighted by molar-refractivity contribution is 9.10. The monoisotopic (exact) mass is 348 g/mol. The van der Waals surface area contributed by atoms with Gasteiger partial charge in [-0.1, -0.05) is 64.5 Å². The minimum Gasteiger partial charge on any atom is -0.362 e. The predicted molar refractivity (Wildman–Crippen MR) is 91.7 cm³/mol. The lowest BCUT2D eigenvalue weighted by atomic mass is 10.1. The lowest BCUT2D eigenvalue weighted by molar-refractivity contribution is 0.813. The van der Waals surface area contributed by atoms with Crippen molar-refractivity contribution in [3.05, 3.63) is 70.2 Å². The van der Waals surface area contributed by atoms with Crippen molar-refractivity contribution in [2.75, 3.05) is 6.54 Å². The largest absolute Gasteiger partial charge is 0.362 e. The van der Waals surface area contributed by atoms with Crippen LogP contribution in [0.1, 0.15) is 11.1 Å². The van der Waals surface area contributed by atoms with E-state index in [1.807, 2.05) is 24.3 Å². The molecule has 20 heavy (non-hydrogen) atoms. The van der Waals surface area contributed by atoms with Crippen LogP contribution >= 0.6 is 28.1 Å². The van der Waals surface area contributed by atoms with E-state index in [1.54, 1.807) is 0 Å². The van der Waals surface area contributed by atoms with Crippen LogP contribution in [0.4, 0.5) is 0 Å². The maximum atomic E-state index is 5.27. The lowest BCUT2D eigenvalue weighted by Crippen LogP contribution is -2.35. The van der Waals surface area contributed by atoms with Gasteiger partial charge < -0.3 is 10.6 Å². The lowest BCUT2D eigenvalue weighted by Gasteiger charge is -2.11. The van der Waals surface area contributed by atoms with Crippen LogP contribution in [0.3, 0.4) is 0 Å². The van der Waals surface area contributed by atoms with Crippen molar-refractivity contribution >= 4 is 33.3 Å². The summed E-state index contributed by atoms with van der Waals surface area (Å²) in [4.78, 5) is 0. The van der Waals surface area contributed by atoms with Crippen molar-refractivity contribution in [3.63, 3.8) is 0 Å². The van der Waals surface area contributed by atoms with Crippen LogP contribution in [0.5, 0.6) is 0 Å². The van der Waals surface area contributed by atoms with Gasteiger partial charge in [0.15, 0.2) is 5.11 Å². The third-order valence-corrected chi connectivity index (χ3v) is 4.00. The van der Waals surface area contributed by atoms with Crippen LogP contribution in [0.25, 0.3) is 0 Å². The van der Waals surface area contributed by atoms with Crippen LogP contribution in [0.2, 0.25) is 0 Å². The second kappa shape index (κ2) is 8.02. The van der Waals surface area contributed by atoms with Gasteiger partial charge in [-0.15, -0.1) is 0 Å². The van der Waals surface area contributed by atoms with Crippen molar-refractivity contribution < 1.29 is 0 Å². The van der Waals surface area contributed by atoms with E-state index in [2.05, 4.69) is 56.9 Å². The fourth-order valence-electron chi connectivity index (χ4n) is 1.84. The van der Waals surface area contributed by atoms with Crippen LogP contribution in [0.15, 0.2) is 59.1 Å². The Bertz CT molecular complexity index is 557. The van der Waals surface area contributed by atoms with Gasteiger partial charge in [-0.25, -0.2) is 0 Å². The van der Waals surface area contributed by atoms with Gasteiger partial charge >= 0.3 is 0 Å². The molecule has 0 aliphatic rings. The highest BCUT2D eigenvalue weighted by Gasteiger charge is 2.00. The quantitative estimate of drug-likeness (QED) is 0.806. The van der Waals surface area contributed by atoms with E-state index in [0.717, 1.165) is 24.0 Å². The number of benzene rings is 2. The SMILES string of the molecule is S=C(NCCc1ccccc1)NCc1ccccc1Br. The summed E-state index contributed by atoms with van der Waals surface area (Å²) >= 11 is 8.80. The minimum atomic E-state index is 0.691. The number of halogens is 1. The molecule has 0 heterocycles. The standard InChI is InChI=1S/C16H17BrN2S/c17-15-9-5-4-8-14(15)12-19-16(20)18-11-10-13-6-2-1-3-7-13/h1-9H,10-12H2,(H2,18,19,20). The van der Waals surface area contributed by atoms with Gasteiger partial charge in [-0.3, -0.25) is 0 Å². The van der Waals surface area contributed by atoms with Crippen LogP contribution in [-0.2, 0) is 13.0 Å². The normalized spacial score (nSPS) is 10.1. The fraction of sp³-hybridized carbons (Fsp3) is 0.188. The smallest absolute Gasteiger partial charge is 0.166 e. The van der Waals surface area contributed by atoms with Crippen molar-refractivity contribution in [2.24, 2.45) is 0 Å². The number of rotatable bonds is 5. The molecule has 0 aliphatic heterocycles. The van der Waals surface area contributed by atoms with Crippen LogP contribution < -0.4 is 10.6 Å². The summed E-state index contributed by atoms with van der Waals surface area (Å²) in [5, 5.41) is 7.13. The van der Waals surface area contributed by atoms with E-state index in [9.17, 15) is 0 Å². The molecule has 0 spiro atoms. The molecule has 2 aromatic rings. The molecule has 0 saturated carbocycles. The number of hydrogen-bond donors (Lipinski definition) is 2. The predicted octanol–water partition coefficient (Wildman–Crippen LogP) is 3.66. The minimum absolute atomic E-state index is 0.691. The van der Waals surface area contributed by atoms with Gasteiger partial charge in [-0.2, -0.15) is 0 Å². The molecule has 2 aromatic carbocycles. The maximum Gasteiger partial charge on any atom is 0.166 e. The highest BCUT2D eigenvalue weighted by Crippen LogP contribution is 2.15. The summed E-state index contributed by atoms with van der Waals surface area (Å²) in [5.41, 5.74) is 2.51. The Morgan fingerprint density at radius 1 is 0.950 bits per heavy atom. The number of thiocarbonyl (C=S) groups is 1. The molecular weight excluding hydrogens is 332 g/mol. The Morgan fingerprint density at radius 3 is 2.40 bits per heavy atom. The summed E-state index contributed by atoms with van der Waals surface area (Å²) in [6.45, 7) is 1.56.